The standard InChI is InChI=1S/C14H14O3/c1-9-6-13(16)10(2)14(7-9)17-12-5-3-4-11(15)8-12/h3-8,15-16H,1-2H3. The second-order valence-corrected chi connectivity index (χ2v) is 4.01. The second-order valence-electron chi connectivity index (χ2n) is 4.01. The van der Waals surface area contributed by atoms with Crippen molar-refractivity contribution in [3.05, 3.63) is 47.5 Å². The summed E-state index contributed by atoms with van der Waals surface area (Å²) in [6.07, 6.45) is 0. The van der Waals surface area contributed by atoms with Crippen LogP contribution in [0.4, 0.5) is 0 Å². The Morgan fingerprint density at radius 3 is 2.47 bits per heavy atom. The van der Waals surface area contributed by atoms with E-state index in [1.54, 1.807) is 31.2 Å². The highest BCUT2D eigenvalue weighted by Crippen LogP contribution is 2.32. The smallest absolute Gasteiger partial charge is 0.134 e. The highest BCUT2D eigenvalue weighted by Gasteiger charge is 2.07. The number of rotatable bonds is 2. The molecule has 0 aromatic heterocycles. The third-order valence-corrected chi connectivity index (χ3v) is 2.52. The summed E-state index contributed by atoms with van der Waals surface area (Å²) in [7, 11) is 0. The zero-order valence-corrected chi connectivity index (χ0v) is 9.77. The Morgan fingerprint density at radius 2 is 1.76 bits per heavy atom. The van der Waals surface area contributed by atoms with Crippen LogP contribution in [0.15, 0.2) is 36.4 Å². The van der Waals surface area contributed by atoms with Crippen LogP contribution < -0.4 is 4.74 Å². The lowest BCUT2D eigenvalue weighted by molar-refractivity contribution is 0.440. The van der Waals surface area contributed by atoms with Gasteiger partial charge in [0.05, 0.1) is 0 Å². The van der Waals surface area contributed by atoms with E-state index in [9.17, 15) is 10.2 Å². The Balaban J connectivity index is 2.36. The molecule has 2 aromatic rings. The van der Waals surface area contributed by atoms with Crippen LogP contribution in [0, 0.1) is 13.8 Å². The van der Waals surface area contributed by atoms with Crippen molar-refractivity contribution in [2.75, 3.05) is 0 Å². The Bertz CT molecular complexity index is 547. The van der Waals surface area contributed by atoms with Gasteiger partial charge in [-0.2, -0.15) is 0 Å². The largest absolute Gasteiger partial charge is 0.508 e. The number of hydrogen-bond donors (Lipinski definition) is 2. The van der Waals surface area contributed by atoms with Gasteiger partial charge in [0, 0.05) is 11.6 Å². The van der Waals surface area contributed by atoms with E-state index in [2.05, 4.69) is 0 Å². The summed E-state index contributed by atoms with van der Waals surface area (Å²) < 4.78 is 5.63. The summed E-state index contributed by atoms with van der Waals surface area (Å²) in [5.74, 6) is 1.49. The second kappa shape index (κ2) is 4.37. The maximum atomic E-state index is 9.68. The Kier molecular flexibility index (Phi) is 2.91. The van der Waals surface area contributed by atoms with Crippen molar-refractivity contribution in [2.45, 2.75) is 13.8 Å². The van der Waals surface area contributed by atoms with Crippen LogP contribution >= 0.6 is 0 Å². The fourth-order valence-electron chi connectivity index (χ4n) is 1.59. The van der Waals surface area contributed by atoms with E-state index in [-0.39, 0.29) is 11.5 Å². The van der Waals surface area contributed by atoms with E-state index in [4.69, 9.17) is 4.74 Å². The molecule has 3 heteroatoms. The Labute approximate surface area is 99.9 Å². The van der Waals surface area contributed by atoms with Crippen LogP contribution in [-0.2, 0) is 0 Å². The zero-order chi connectivity index (χ0) is 12.4. The minimum absolute atomic E-state index is 0.150. The van der Waals surface area contributed by atoms with Gasteiger partial charge in [-0.25, -0.2) is 0 Å². The molecule has 0 bridgehead atoms. The van der Waals surface area contributed by atoms with Crippen molar-refractivity contribution in [1.29, 1.82) is 0 Å². The summed E-state index contributed by atoms with van der Waals surface area (Å²) >= 11 is 0. The van der Waals surface area contributed by atoms with E-state index >= 15 is 0 Å². The number of phenols is 2. The van der Waals surface area contributed by atoms with Gasteiger partial charge in [-0.1, -0.05) is 6.07 Å². The molecule has 0 saturated carbocycles. The van der Waals surface area contributed by atoms with Crippen molar-refractivity contribution in [3.63, 3.8) is 0 Å². The number of aryl methyl sites for hydroxylation is 1. The molecule has 0 aliphatic heterocycles. The fourth-order valence-corrected chi connectivity index (χ4v) is 1.59. The minimum Gasteiger partial charge on any atom is -0.508 e. The van der Waals surface area contributed by atoms with Crippen LogP contribution in [0.5, 0.6) is 23.0 Å². The first-order chi connectivity index (χ1) is 8.06. The van der Waals surface area contributed by atoms with E-state index < -0.39 is 0 Å². The number of phenolic OH excluding ortho intramolecular Hbond substituents is 2. The quantitative estimate of drug-likeness (QED) is 0.830. The number of hydrogen-bond acceptors (Lipinski definition) is 3. The molecule has 0 radical (unpaired) electrons. The third kappa shape index (κ3) is 2.50. The van der Waals surface area contributed by atoms with Crippen LogP contribution in [-0.4, -0.2) is 10.2 Å². The molecule has 0 heterocycles. The summed E-state index contributed by atoms with van der Waals surface area (Å²) in [6.45, 7) is 3.67. The molecule has 0 saturated heterocycles. The van der Waals surface area contributed by atoms with Crippen molar-refractivity contribution < 1.29 is 14.9 Å². The molecular formula is C14H14O3. The Hall–Kier alpha value is -2.16. The monoisotopic (exact) mass is 230 g/mol. The van der Waals surface area contributed by atoms with Gasteiger partial charge in [0.15, 0.2) is 0 Å². The van der Waals surface area contributed by atoms with E-state index in [1.807, 2.05) is 13.0 Å². The molecular weight excluding hydrogens is 216 g/mol. The van der Waals surface area contributed by atoms with E-state index in [0.29, 0.717) is 17.1 Å². The van der Waals surface area contributed by atoms with Crippen molar-refractivity contribution in [1.82, 2.24) is 0 Å². The predicted octanol–water partition coefficient (Wildman–Crippen LogP) is 3.51. The highest BCUT2D eigenvalue weighted by atomic mass is 16.5. The summed E-state index contributed by atoms with van der Waals surface area (Å²) in [4.78, 5) is 0. The van der Waals surface area contributed by atoms with Gasteiger partial charge >= 0.3 is 0 Å². The molecule has 88 valence electrons. The molecule has 0 unspecified atom stereocenters. The van der Waals surface area contributed by atoms with Crippen LogP contribution in [0.1, 0.15) is 11.1 Å². The van der Waals surface area contributed by atoms with E-state index in [0.717, 1.165) is 5.56 Å². The SMILES string of the molecule is Cc1cc(O)c(C)c(Oc2cccc(O)c2)c1. The van der Waals surface area contributed by atoms with E-state index in [1.165, 1.54) is 6.07 Å². The van der Waals surface area contributed by atoms with Crippen molar-refractivity contribution in [3.8, 4) is 23.0 Å². The fraction of sp³-hybridized carbons (Fsp3) is 0.143. The van der Waals surface area contributed by atoms with Gasteiger partial charge < -0.3 is 14.9 Å². The lowest BCUT2D eigenvalue weighted by atomic mass is 10.1. The molecule has 0 aliphatic carbocycles. The van der Waals surface area contributed by atoms with Gasteiger partial charge in [-0.15, -0.1) is 0 Å². The summed E-state index contributed by atoms with van der Waals surface area (Å²) in [5, 5.41) is 19.0. The average molecular weight is 230 g/mol. The lowest BCUT2D eigenvalue weighted by Gasteiger charge is -2.11. The average Bonchev–Trinajstić information content (AvgIpc) is 2.25. The van der Waals surface area contributed by atoms with Crippen molar-refractivity contribution >= 4 is 0 Å². The highest BCUT2D eigenvalue weighted by molar-refractivity contribution is 5.48. The third-order valence-electron chi connectivity index (χ3n) is 2.52. The topological polar surface area (TPSA) is 49.7 Å². The number of aromatic hydroxyl groups is 2. The summed E-state index contributed by atoms with van der Waals surface area (Å²) in [6, 6.07) is 10.1. The maximum Gasteiger partial charge on any atom is 0.134 e. The minimum atomic E-state index is 0.150. The molecule has 2 aromatic carbocycles. The first-order valence-electron chi connectivity index (χ1n) is 5.33. The van der Waals surface area contributed by atoms with Gasteiger partial charge in [0.25, 0.3) is 0 Å². The van der Waals surface area contributed by atoms with Crippen LogP contribution in [0.2, 0.25) is 0 Å². The van der Waals surface area contributed by atoms with Crippen molar-refractivity contribution in [2.24, 2.45) is 0 Å². The van der Waals surface area contributed by atoms with Crippen LogP contribution in [0.25, 0.3) is 0 Å². The molecule has 0 amide bonds. The number of benzene rings is 2. The lowest BCUT2D eigenvalue weighted by Crippen LogP contribution is -1.89. The summed E-state index contributed by atoms with van der Waals surface area (Å²) in [5.41, 5.74) is 1.60. The molecule has 3 nitrogen and oxygen atoms in total. The van der Waals surface area contributed by atoms with Gasteiger partial charge in [-0.3, -0.25) is 0 Å². The number of ether oxygens (including phenoxy) is 1. The Morgan fingerprint density at radius 1 is 1.00 bits per heavy atom. The molecule has 2 N–H and O–H groups in total. The van der Waals surface area contributed by atoms with Gasteiger partial charge in [0.1, 0.15) is 23.0 Å². The first-order valence-corrected chi connectivity index (χ1v) is 5.33. The van der Waals surface area contributed by atoms with Gasteiger partial charge in [0.2, 0.25) is 0 Å². The molecule has 0 spiro atoms. The normalized spacial score (nSPS) is 10.2. The molecule has 2 rings (SSSR count). The molecule has 17 heavy (non-hydrogen) atoms. The maximum absolute atomic E-state index is 9.68. The molecule has 0 aliphatic rings. The van der Waals surface area contributed by atoms with Crippen LogP contribution in [0.3, 0.4) is 0 Å². The predicted molar refractivity (Wildman–Crippen MR) is 65.8 cm³/mol. The molecule has 0 fully saturated rings. The zero-order valence-electron chi connectivity index (χ0n) is 9.77. The molecule has 0 atom stereocenters. The van der Waals surface area contributed by atoms with Gasteiger partial charge in [-0.05, 0) is 43.7 Å². The first kappa shape index (κ1) is 11.3.